The molecule has 0 radical (unpaired) electrons. The summed E-state index contributed by atoms with van der Waals surface area (Å²) in [6, 6.07) is 5.59. The van der Waals surface area contributed by atoms with E-state index in [-0.39, 0.29) is 30.2 Å². The number of ether oxygens (including phenoxy) is 4. The first-order valence-electron chi connectivity index (χ1n) is 12.0. The van der Waals surface area contributed by atoms with Crippen LogP contribution >= 0.6 is 0 Å². The van der Waals surface area contributed by atoms with E-state index in [1.165, 1.54) is 18.2 Å². The van der Waals surface area contributed by atoms with E-state index in [0.717, 1.165) is 7.11 Å². The maximum Gasteiger partial charge on any atom is 0.513 e. The summed E-state index contributed by atoms with van der Waals surface area (Å²) in [7, 11) is 1.12. The fraction of sp³-hybridized carbons (Fsp3) is 0.520. The average molecular weight is 545 g/mol. The summed E-state index contributed by atoms with van der Waals surface area (Å²) in [6.07, 6.45) is -3.90. The number of nitro benzene ring substituents is 1. The van der Waals surface area contributed by atoms with Gasteiger partial charge >= 0.3 is 18.5 Å². The molecule has 1 aliphatic heterocycles. The van der Waals surface area contributed by atoms with Crippen LogP contribution in [0.3, 0.4) is 0 Å². The van der Waals surface area contributed by atoms with Crippen molar-refractivity contribution in [3.05, 3.63) is 62.9 Å². The minimum Gasteiger partial charge on any atom is -0.437 e. The van der Waals surface area contributed by atoms with Gasteiger partial charge in [0.15, 0.2) is 0 Å². The number of benzene rings is 1. The van der Waals surface area contributed by atoms with Crippen LogP contribution in [0.2, 0.25) is 0 Å². The van der Waals surface area contributed by atoms with Gasteiger partial charge in [-0.2, -0.15) is 13.2 Å². The third kappa shape index (κ3) is 9.60. The number of hydrogen-bond acceptors (Lipinski definition) is 9. The number of nitro groups is 1. The molecule has 1 heterocycles. The van der Waals surface area contributed by atoms with Crippen LogP contribution in [0.1, 0.15) is 70.3 Å². The van der Waals surface area contributed by atoms with Gasteiger partial charge in [-0.05, 0) is 32.3 Å². The van der Waals surface area contributed by atoms with Gasteiger partial charge in [-0.1, -0.05) is 37.8 Å². The van der Waals surface area contributed by atoms with Gasteiger partial charge in [0.2, 0.25) is 0 Å². The lowest BCUT2D eigenvalue weighted by atomic mass is 9.90. The molecule has 0 fully saturated rings. The second-order valence-electron chi connectivity index (χ2n) is 8.63. The highest BCUT2D eigenvalue weighted by Crippen LogP contribution is 2.40. The van der Waals surface area contributed by atoms with Crippen LogP contribution in [0.15, 0.2) is 47.2 Å². The zero-order chi connectivity index (χ0) is 28.3. The van der Waals surface area contributed by atoms with Gasteiger partial charge in [0.05, 0.1) is 30.0 Å². The predicted molar refractivity (Wildman–Crippen MR) is 129 cm³/mol. The molecular weight excluding hydrogens is 513 g/mol. The van der Waals surface area contributed by atoms with Crippen LogP contribution in [0, 0.1) is 10.1 Å². The first-order valence-corrected chi connectivity index (χ1v) is 12.0. The Hall–Kier alpha value is -3.77. The van der Waals surface area contributed by atoms with Crippen LogP contribution in [-0.4, -0.2) is 37.1 Å². The monoisotopic (exact) mass is 544 g/mol. The Morgan fingerprint density at radius 1 is 0.974 bits per heavy atom. The number of non-ortho nitro benzene ring substituents is 1. The lowest BCUT2D eigenvalue weighted by molar-refractivity contribution is -0.384. The zero-order valence-corrected chi connectivity index (χ0v) is 21.4. The molecule has 0 amide bonds. The molecule has 1 unspecified atom stereocenters. The number of dihydropyridines is 1. The standard InChI is InChI=1S/C25H31F3N2O8/c1-16-21(37-23(31)35-3)20(18-11-10-12-19(15-18)30(33)34)22(17(2)29-16)38-24(32)36-14-9-7-5-4-6-8-13-25(26,27)28/h10-12,15,20,29H,4-9,13-14H2,1-3H3. The predicted octanol–water partition coefficient (Wildman–Crippen LogP) is 6.97. The molecule has 0 saturated heterocycles. The Labute approximate surface area is 217 Å². The third-order valence-electron chi connectivity index (χ3n) is 5.68. The highest BCUT2D eigenvalue weighted by molar-refractivity contribution is 5.65. The Kier molecular flexibility index (Phi) is 11.4. The van der Waals surface area contributed by atoms with E-state index in [1.807, 2.05) is 0 Å². The van der Waals surface area contributed by atoms with Crippen molar-refractivity contribution in [1.82, 2.24) is 5.32 Å². The van der Waals surface area contributed by atoms with Gasteiger partial charge in [-0.25, -0.2) is 9.59 Å². The SMILES string of the molecule is COC(=O)OC1=C(C)NC(C)=C(OC(=O)OCCCCCCCCC(F)(F)F)C1c1cccc([N+](=O)[O-])c1. The Morgan fingerprint density at radius 2 is 1.55 bits per heavy atom. The van der Waals surface area contributed by atoms with Gasteiger partial charge in [0.1, 0.15) is 17.4 Å². The zero-order valence-electron chi connectivity index (χ0n) is 21.4. The number of carbonyl (C=O) groups excluding carboxylic acids is 2. The van der Waals surface area contributed by atoms with Crippen molar-refractivity contribution in [3.63, 3.8) is 0 Å². The van der Waals surface area contributed by atoms with E-state index in [9.17, 15) is 32.9 Å². The number of carbonyl (C=O) groups is 2. The van der Waals surface area contributed by atoms with Crippen LogP contribution in [0.5, 0.6) is 0 Å². The summed E-state index contributed by atoms with van der Waals surface area (Å²) in [5.74, 6) is -0.958. The minimum atomic E-state index is -4.13. The number of methoxy groups -OCH3 is 1. The summed E-state index contributed by atoms with van der Waals surface area (Å²) >= 11 is 0. The number of allylic oxidation sites excluding steroid dienone is 2. The molecule has 1 N–H and O–H groups in total. The van der Waals surface area contributed by atoms with Gasteiger partial charge in [0.25, 0.3) is 5.69 Å². The van der Waals surface area contributed by atoms with Crippen molar-refractivity contribution in [2.75, 3.05) is 13.7 Å². The van der Waals surface area contributed by atoms with E-state index in [0.29, 0.717) is 49.1 Å². The summed E-state index contributed by atoms with van der Waals surface area (Å²) in [6.45, 7) is 3.26. The van der Waals surface area contributed by atoms with Crippen molar-refractivity contribution in [1.29, 1.82) is 0 Å². The second kappa shape index (κ2) is 14.2. The summed E-state index contributed by atoms with van der Waals surface area (Å²) < 4.78 is 57.0. The smallest absolute Gasteiger partial charge is 0.437 e. The van der Waals surface area contributed by atoms with Crippen LogP contribution in [0.4, 0.5) is 28.4 Å². The molecule has 1 atom stereocenters. The quantitative estimate of drug-likeness (QED) is 0.128. The lowest BCUT2D eigenvalue weighted by Crippen LogP contribution is -2.29. The fourth-order valence-corrected chi connectivity index (χ4v) is 3.89. The molecule has 1 aromatic rings. The number of halogens is 3. The molecule has 0 aliphatic carbocycles. The molecule has 0 spiro atoms. The average Bonchev–Trinajstić information content (AvgIpc) is 2.85. The van der Waals surface area contributed by atoms with E-state index in [2.05, 4.69) is 10.1 Å². The normalized spacial score (nSPS) is 15.6. The highest BCUT2D eigenvalue weighted by Gasteiger charge is 2.36. The topological polar surface area (TPSA) is 126 Å². The van der Waals surface area contributed by atoms with E-state index >= 15 is 0 Å². The van der Waals surface area contributed by atoms with Gasteiger partial charge in [0, 0.05) is 18.6 Å². The Bertz CT molecular complexity index is 1070. The van der Waals surface area contributed by atoms with Gasteiger partial charge < -0.3 is 24.3 Å². The number of unbranched alkanes of at least 4 members (excludes halogenated alkanes) is 5. The number of nitrogens with one attached hydrogen (secondary N) is 1. The summed E-state index contributed by atoms with van der Waals surface area (Å²) in [4.78, 5) is 35.1. The molecule has 210 valence electrons. The van der Waals surface area contributed by atoms with Crippen LogP contribution in [-0.2, 0) is 18.9 Å². The molecule has 2 rings (SSSR count). The van der Waals surface area contributed by atoms with Crippen molar-refractivity contribution in [3.8, 4) is 0 Å². The maximum atomic E-state index is 12.5. The highest BCUT2D eigenvalue weighted by atomic mass is 19.4. The Balaban J connectivity index is 2.03. The number of alkyl halides is 3. The second-order valence-corrected chi connectivity index (χ2v) is 8.63. The number of nitrogens with zero attached hydrogens (tertiary/aromatic N) is 1. The van der Waals surface area contributed by atoms with Crippen molar-refractivity contribution in [2.24, 2.45) is 0 Å². The Morgan fingerprint density at radius 3 is 2.13 bits per heavy atom. The van der Waals surface area contributed by atoms with Gasteiger partial charge in [-0.3, -0.25) is 10.1 Å². The molecule has 0 bridgehead atoms. The molecule has 1 aliphatic rings. The van der Waals surface area contributed by atoms with Crippen molar-refractivity contribution >= 4 is 18.0 Å². The molecule has 10 nitrogen and oxygen atoms in total. The molecule has 0 saturated carbocycles. The van der Waals surface area contributed by atoms with Crippen molar-refractivity contribution < 1.29 is 46.6 Å². The third-order valence-corrected chi connectivity index (χ3v) is 5.68. The number of rotatable bonds is 12. The molecule has 1 aromatic carbocycles. The van der Waals surface area contributed by atoms with Crippen LogP contribution in [0.25, 0.3) is 0 Å². The largest absolute Gasteiger partial charge is 0.513 e. The molecule has 38 heavy (non-hydrogen) atoms. The lowest BCUT2D eigenvalue weighted by Gasteiger charge is -2.30. The molecular formula is C25H31F3N2O8. The first kappa shape index (κ1) is 30.5. The number of hydrogen-bond donors (Lipinski definition) is 1. The minimum absolute atomic E-state index is 0.0182. The maximum absolute atomic E-state index is 12.5. The summed E-state index contributed by atoms with van der Waals surface area (Å²) in [5.41, 5.74) is 0.910. The first-order chi connectivity index (χ1) is 17.9. The van der Waals surface area contributed by atoms with Gasteiger partial charge in [-0.15, -0.1) is 0 Å². The van der Waals surface area contributed by atoms with E-state index in [1.54, 1.807) is 19.9 Å². The van der Waals surface area contributed by atoms with Crippen LogP contribution < -0.4 is 5.32 Å². The summed E-state index contributed by atoms with van der Waals surface area (Å²) in [5, 5.41) is 14.3. The van der Waals surface area contributed by atoms with E-state index < -0.39 is 35.7 Å². The van der Waals surface area contributed by atoms with E-state index in [4.69, 9.17) is 14.2 Å². The molecule has 0 aromatic heterocycles. The molecule has 13 heteroatoms. The fourth-order valence-electron chi connectivity index (χ4n) is 3.89. The van der Waals surface area contributed by atoms with Crippen molar-refractivity contribution in [2.45, 2.75) is 70.9 Å².